The number of thioether (sulfide) groups is 1. The van der Waals surface area contributed by atoms with Gasteiger partial charge < -0.3 is 9.64 Å². The second-order valence-electron chi connectivity index (χ2n) is 8.37. The topological polar surface area (TPSA) is 48.1 Å². The van der Waals surface area contributed by atoms with Crippen LogP contribution in [0.4, 0.5) is 4.39 Å². The van der Waals surface area contributed by atoms with Crippen molar-refractivity contribution in [3.63, 3.8) is 0 Å². The van der Waals surface area contributed by atoms with Crippen LogP contribution in [0, 0.1) is 5.82 Å². The molecule has 0 aliphatic carbocycles. The summed E-state index contributed by atoms with van der Waals surface area (Å²) in [5, 5.41) is 5.47. The summed E-state index contributed by atoms with van der Waals surface area (Å²) < 4.78 is 23.3. The number of halogens is 1. The average Bonchev–Trinajstić information content (AvgIpc) is 3.43. The van der Waals surface area contributed by atoms with Crippen molar-refractivity contribution in [1.29, 1.82) is 0 Å². The van der Waals surface area contributed by atoms with E-state index in [0.717, 1.165) is 47.4 Å². The van der Waals surface area contributed by atoms with Gasteiger partial charge in [0.25, 0.3) is 0 Å². The molecule has 33 heavy (non-hydrogen) atoms. The third-order valence-corrected chi connectivity index (χ3v) is 7.12. The minimum Gasteiger partial charge on any atom is -0.494 e. The lowest BCUT2D eigenvalue weighted by Crippen LogP contribution is -2.33. The second-order valence-corrected chi connectivity index (χ2v) is 9.60. The predicted octanol–water partition coefficient (Wildman–Crippen LogP) is 4.56. The second kappa shape index (κ2) is 9.57. The fourth-order valence-electron chi connectivity index (χ4n) is 4.40. The number of nitrogens with zero attached hydrogens (tertiary/aromatic N) is 5. The van der Waals surface area contributed by atoms with Gasteiger partial charge in [0.05, 0.1) is 24.7 Å². The third kappa shape index (κ3) is 4.63. The molecule has 4 heterocycles. The van der Waals surface area contributed by atoms with Gasteiger partial charge in [0.2, 0.25) is 0 Å². The van der Waals surface area contributed by atoms with Gasteiger partial charge in [-0.15, -0.1) is 0 Å². The molecule has 6 nitrogen and oxygen atoms in total. The molecule has 0 radical (unpaired) electrons. The Kier molecular flexibility index (Phi) is 6.37. The summed E-state index contributed by atoms with van der Waals surface area (Å²) in [6.45, 7) is 3.49. The number of rotatable bonds is 7. The highest BCUT2D eigenvalue weighted by Crippen LogP contribution is 2.30. The highest BCUT2D eigenvalue weighted by atomic mass is 32.2. The molecule has 0 unspecified atom stereocenters. The van der Waals surface area contributed by atoms with E-state index >= 15 is 0 Å². The van der Waals surface area contributed by atoms with Crippen molar-refractivity contribution < 1.29 is 9.13 Å². The molecule has 172 valence electrons. The van der Waals surface area contributed by atoms with E-state index in [1.807, 2.05) is 43.3 Å². The van der Waals surface area contributed by atoms with E-state index in [-0.39, 0.29) is 5.75 Å². The molecule has 0 saturated carbocycles. The molecule has 0 spiro atoms. The van der Waals surface area contributed by atoms with E-state index in [4.69, 9.17) is 9.72 Å². The summed E-state index contributed by atoms with van der Waals surface area (Å²) in [6, 6.07) is 9.04. The molecule has 3 aromatic heterocycles. The lowest BCUT2D eigenvalue weighted by atomic mass is 10.1. The Hall–Kier alpha value is -2.84. The first kappa shape index (κ1) is 22.0. The number of hydrogen-bond acceptors (Lipinski definition) is 5. The van der Waals surface area contributed by atoms with Crippen LogP contribution in [0.5, 0.6) is 5.75 Å². The largest absolute Gasteiger partial charge is 0.494 e. The number of aromatic nitrogens is 4. The smallest absolute Gasteiger partial charge is 0.165 e. The van der Waals surface area contributed by atoms with Crippen LogP contribution in [0.15, 0.2) is 48.9 Å². The number of ether oxygens (including phenoxy) is 1. The number of pyridine rings is 1. The molecule has 0 bridgehead atoms. The summed E-state index contributed by atoms with van der Waals surface area (Å²) in [7, 11) is 3.38. The maximum absolute atomic E-state index is 14.3. The zero-order chi connectivity index (χ0) is 22.8. The number of aryl methyl sites for hydroxylation is 2. The number of fused-ring (bicyclic) bond motifs is 1. The van der Waals surface area contributed by atoms with Gasteiger partial charge in [0.1, 0.15) is 5.65 Å². The molecule has 0 N–H and O–H groups in total. The SMILES string of the molecule is COc1ccc(-c2ccc3c(CCCN4CCSCC4)cn(-c4cnn(C)c4)c3n2)cc1F. The Morgan fingerprint density at radius 2 is 1.97 bits per heavy atom. The van der Waals surface area contributed by atoms with E-state index in [1.54, 1.807) is 10.7 Å². The molecule has 1 aliphatic rings. The zero-order valence-electron chi connectivity index (χ0n) is 19.0. The summed E-state index contributed by atoms with van der Waals surface area (Å²) >= 11 is 2.04. The first-order chi connectivity index (χ1) is 16.1. The monoisotopic (exact) mass is 465 g/mol. The van der Waals surface area contributed by atoms with Gasteiger partial charge in [-0.1, -0.05) is 0 Å². The highest BCUT2D eigenvalue weighted by Gasteiger charge is 2.16. The standard InChI is InChI=1S/C25H28FN5OS/c1-29-17-20(15-27-29)31-16-19(4-3-9-30-10-12-33-13-11-30)21-6-7-23(28-25(21)31)18-5-8-24(32-2)22(26)14-18/h5-8,14-17H,3-4,9-13H2,1-2H3. The highest BCUT2D eigenvalue weighted by molar-refractivity contribution is 7.99. The normalized spacial score (nSPS) is 14.8. The van der Waals surface area contributed by atoms with Gasteiger partial charge in [0, 0.05) is 55.0 Å². The molecule has 1 aromatic carbocycles. The van der Waals surface area contributed by atoms with Crippen LogP contribution in [-0.2, 0) is 13.5 Å². The van der Waals surface area contributed by atoms with Crippen molar-refractivity contribution in [2.75, 3.05) is 38.2 Å². The van der Waals surface area contributed by atoms with Crippen molar-refractivity contribution in [2.24, 2.45) is 7.05 Å². The number of hydrogen-bond donors (Lipinski definition) is 0. The third-order valence-electron chi connectivity index (χ3n) is 6.18. The van der Waals surface area contributed by atoms with Crippen LogP contribution in [0.2, 0.25) is 0 Å². The first-order valence-corrected chi connectivity index (χ1v) is 12.4. The molecular weight excluding hydrogens is 437 g/mol. The van der Waals surface area contributed by atoms with E-state index in [1.165, 1.54) is 43.3 Å². The van der Waals surface area contributed by atoms with Gasteiger partial charge in [-0.2, -0.15) is 16.9 Å². The van der Waals surface area contributed by atoms with E-state index in [9.17, 15) is 4.39 Å². The molecule has 0 atom stereocenters. The lowest BCUT2D eigenvalue weighted by Gasteiger charge is -2.25. The summed E-state index contributed by atoms with van der Waals surface area (Å²) in [4.78, 5) is 7.51. The van der Waals surface area contributed by atoms with Crippen LogP contribution >= 0.6 is 11.8 Å². The van der Waals surface area contributed by atoms with Crippen molar-refractivity contribution in [3.8, 4) is 22.7 Å². The summed E-state index contributed by atoms with van der Waals surface area (Å²) in [5.74, 6) is 2.31. The Morgan fingerprint density at radius 3 is 2.70 bits per heavy atom. The van der Waals surface area contributed by atoms with E-state index in [0.29, 0.717) is 0 Å². The summed E-state index contributed by atoms with van der Waals surface area (Å²) in [6.07, 6.45) is 8.11. The van der Waals surface area contributed by atoms with E-state index < -0.39 is 5.82 Å². The minimum absolute atomic E-state index is 0.230. The number of benzene rings is 1. The quantitative estimate of drug-likeness (QED) is 0.401. The van der Waals surface area contributed by atoms with Crippen LogP contribution in [0.3, 0.4) is 0 Å². The van der Waals surface area contributed by atoms with Gasteiger partial charge in [-0.05, 0) is 55.3 Å². The van der Waals surface area contributed by atoms with Gasteiger partial charge >= 0.3 is 0 Å². The first-order valence-electron chi connectivity index (χ1n) is 11.3. The Labute approximate surface area is 197 Å². The molecule has 0 amide bonds. The lowest BCUT2D eigenvalue weighted by molar-refractivity contribution is 0.299. The van der Waals surface area contributed by atoms with Crippen LogP contribution < -0.4 is 4.74 Å². The molecule has 8 heteroatoms. The molecule has 1 saturated heterocycles. The Bertz CT molecular complexity index is 1260. The Morgan fingerprint density at radius 1 is 1.12 bits per heavy atom. The number of methoxy groups -OCH3 is 1. The van der Waals surface area contributed by atoms with E-state index in [2.05, 4.69) is 26.8 Å². The van der Waals surface area contributed by atoms with Gasteiger partial charge in [-0.25, -0.2) is 9.37 Å². The molecule has 5 rings (SSSR count). The van der Waals surface area contributed by atoms with Crippen molar-refractivity contribution in [2.45, 2.75) is 12.8 Å². The molecule has 1 fully saturated rings. The minimum atomic E-state index is -0.392. The zero-order valence-corrected chi connectivity index (χ0v) is 19.8. The fourth-order valence-corrected chi connectivity index (χ4v) is 5.38. The van der Waals surface area contributed by atoms with Crippen LogP contribution in [0.1, 0.15) is 12.0 Å². The molecule has 1 aliphatic heterocycles. The molecular formula is C25H28FN5OS. The maximum Gasteiger partial charge on any atom is 0.165 e. The van der Waals surface area contributed by atoms with Crippen molar-refractivity contribution >= 4 is 22.8 Å². The fraction of sp³-hybridized carbons (Fsp3) is 0.360. The maximum atomic E-state index is 14.3. The van der Waals surface area contributed by atoms with Crippen molar-refractivity contribution in [1.82, 2.24) is 24.2 Å². The van der Waals surface area contributed by atoms with Gasteiger partial charge in [0.15, 0.2) is 11.6 Å². The summed E-state index contributed by atoms with van der Waals surface area (Å²) in [5.41, 5.74) is 4.55. The van der Waals surface area contributed by atoms with Gasteiger partial charge in [-0.3, -0.25) is 9.25 Å². The predicted molar refractivity (Wildman–Crippen MR) is 132 cm³/mol. The molecule has 4 aromatic rings. The Balaban J connectivity index is 1.48. The van der Waals surface area contributed by atoms with Crippen LogP contribution in [-0.4, -0.2) is 62.5 Å². The van der Waals surface area contributed by atoms with Crippen LogP contribution in [0.25, 0.3) is 28.0 Å². The van der Waals surface area contributed by atoms with Crippen molar-refractivity contribution in [3.05, 3.63) is 60.3 Å². The average molecular weight is 466 g/mol.